The summed E-state index contributed by atoms with van der Waals surface area (Å²) >= 11 is 0. The second-order valence-electron chi connectivity index (χ2n) is 4.21. The molecule has 0 bridgehead atoms. The Morgan fingerprint density at radius 2 is 2.39 bits per heavy atom. The number of aryl methyl sites for hydroxylation is 1. The molecule has 0 saturated heterocycles. The molecule has 1 aliphatic rings. The number of urea groups is 1. The van der Waals surface area contributed by atoms with E-state index in [1.54, 1.807) is 7.11 Å². The first-order valence-electron chi connectivity index (χ1n) is 6.02. The summed E-state index contributed by atoms with van der Waals surface area (Å²) in [7, 11) is 1.62. The number of rotatable bonds is 4. The molecule has 0 aliphatic heterocycles. The fraction of sp³-hybridized carbons (Fsp3) is 0.462. The second-order valence-corrected chi connectivity index (χ2v) is 4.21. The minimum absolute atomic E-state index is 0.0390. The normalized spacial score (nSPS) is 17.1. The molecule has 0 radical (unpaired) electrons. The number of carbonyl (C=O) groups is 1. The average molecular weight is 252 g/mol. The van der Waals surface area contributed by atoms with E-state index >= 15 is 0 Å². The lowest BCUT2D eigenvalue weighted by molar-refractivity contribution is 0.235. The van der Waals surface area contributed by atoms with Gasteiger partial charge in [-0.25, -0.2) is 9.18 Å². The van der Waals surface area contributed by atoms with Gasteiger partial charge in [-0.1, -0.05) is 12.1 Å². The van der Waals surface area contributed by atoms with Gasteiger partial charge >= 0.3 is 6.03 Å². The Morgan fingerprint density at radius 3 is 3.11 bits per heavy atom. The van der Waals surface area contributed by atoms with Crippen LogP contribution in [0.15, 0.2) is 18.2 Å². The Labute approximate surface area is 106 Å². The minimum atomic E-state index is -0.558. The summed E-state index contributed by atoms with van der Waals surface area (Å²) < 4.78 is 17.3. The first-order chi connectivity index (χ1) is 8.76. The van der Waals surface area contributed by atoms with Gasteiger partial charge < -0.3 is 15.4 Å². The highest BCUT2D eigenvalue weighted by Crippen LogP contribution is 2.37. The Balaban J connectivity index is 2.08. The molecule has 98 valence electrons. The smallest absolute Gasteiger partial charge is 0.315 e. The van der Waals surface area contributed by atoms with E-state index in [9.17, 15) is 9.18 Å². The lowest BCUT2D eigenvalue weighted by Gasteiger charge is -2.17. The molecule has 2 rings (SSSR count). The van der Waals surface area contributed by atoms with Crippen molar-refractivity contribution in [3.8, 4) is 5.75 Å². The predicted octanol–water partition coefficient (Wildman–Crippen LogP) is 1.95. The van der Waals surface area contributed by atoms with Crippen molar-refractivity contribution in [1.29, 1.82) is 0 Å². The van der Waals surface area contributed by atoms with Crippen molar-refractivity contribution in [2.45, 2.75) is 18.9 Å². The molecule has 0 saturated carbocycles. The first-order valence-corrected chi connectivity index (χ1v) is 6.02. The van der Waals surface area contributed by atoms with Crippen LogP contribution in [0.25, 0.3) is 0 Å². The number of methoxy groups -OCH3 is 1. The molecule has 0 spiro atoms. The molecular formula is C13H17FN2O2. The summed E-state index contributed by atoms with van der Waals surface area (Å²) in [4.78, 5) is 11.5. The topological polar surface area (TPSA) is 50.4 Å². The van der Waals surface area contributed by atoms with Gasteiger partial charge in [-0.2, -0.15) is 0 Å². The van der Waals surface area contributed by atoms with Gasteiger partial charge in [0.2, 0.25) is 0 Å². The number of fused-ring (bicyclic) bond motifs is 1. The quantitative estimate of drug-likeness (QED) is 0.860. The van der Waals surface area contributed by atoms with Crippen molar-refractivity contribution in [1.82, 2.24) is 10.6 Å². The van der Waals surface area contributed by atoms with Crippen LogP contribution in [0.5, 0.6) is 5.75 Å². The van der Waals surface area contributed by atoms with Gasteiger partial charge in [0.1, 0.15) is 12.4 Å². The first kappa shape index (κ1) is 12.7. The fourth-order valence-electron chi connectivity index (χ4n) is 2.34. The highest BCUT2D eigenvalue weighted by atomic mass is 19.1. The molecule has 0 aromatic heterocycles. The van der Waals surface area contributed by atoms with Gasteiger partial charge in [-0.3, -0.25) is 0 Å². The third kappa shape index (κ3) is 2.55. The lowest BCUT2D eigenvalue weighted by Crippen LogP contribution is -2.38. The molecule has 0 heterocycles. The standard InChI is InChI=1S/C13H17FN2O2/c1-18-11-4-2-3-9-5-6-10(12(9)11)16-13(17)15-8-7-14/h2-4,10H,5-8H2,1H3,(H2,15,16,17). The van der Waals surface area contributed by atoms with Crippen molar-refractivity contribution in [3.05, 3.63) is 29.3 Å². The molecule has 2 amide bonds. The Hall–Kier alpha value is -1.78. The van der Waals surface area contributed by atoms with E-state index in [0.717, 1.165) is 24.2 Å². The molecule has 1 unspecified atom stereocenters. The molecule has 5 heteroatoms. The van der Waals surface area contributed by atoms with Gasteiger partial charge in [0, 0.05) is 12.1 Å². The number of benzene rings is 1. The van der Waals surface area contributed by atoms with Crippen LogP contribution in [0.4, 0.5) is 9.18 Å². The van der Waals surface area contributed by atoms with Crippen molar-refractivity contribution in [2.24, 2.45) is 0 Å². The minimum Gasteiger partial charge on any atom is -0.496 e. The largest absolute Gasteiger partial charge is 0.496 e. The zero-order chi connectivity index (χ0) is 13.0. The molecule has 1 atom stereocenters. The maximum Gasteiger partial charge on any atom is 0.315 e. The van der Waals surface area contributed by atoms with Crippen LogP contribution in [-0.4, -0.2) is 26.4 Å². The Bertz CT molecular complexity index is 437. The molecule has 18 heavy (non-hydrogen) atoms. The summed E-state index contributed by atoms with van der Waals surface area (Å²) in [5.41, 5.74) is 2.24. The Morgan fingerprint density at radius 1 is 1.56 bits per heavy atom. The highest BCUT2D eigenvalue weighted by molar-refractivity contribution is 5.74. The third-order valence-corrected chi connectivity index (χ3v) is 3.11. The van der Waals surface area contributed by atoms with Crippen molar-refractivity contribution in [2.75, 3.05) is 20.3 Å². The van der Waals surface area contributed by atoms with E-state index in [-0.39, 0.29) is 18.6 Å². The van der Waals surface area contributed by atoms with Gasteiger partial charge in [-0.15, -0.1) is 0 Å². The van der Waals surface area contributed by atoms with Gasteiger partial charge in [0.25, 0.3) is 0 Å². The Kier molecular flexibility index (Phi) is 4.02. The van der Waals surface area contributed by atoms with E-state index in [4.69, 9.17) is 4.74 Å². The van der Waals surface area contributed by atoms with E-state index in [1.807, 2.05) is 18.2 Å². The maximum atomic E-state index is 12.0. The summed E-state index contributed by atoms with van der Waals surface area (Å²) in [6.45, 7) is -0.519. The highest BCUT2D eigenvalue weighted by Gasteiger charge is 2.27. The molecule has 4 nitrogen and oxygen atoms in total. The van der Waals surface area contributed by atoms with Crippen LogP contribution >= 0.6 is 0 Å². The number of alkyl halides is 1. The summed E-state index contributed by atoms with van der Waals surface area (Å²) in [6, 6.07) is 5.48. The average Bonchev–Trinajstić information content (AvgIpc) is 2.79. The van der Waals surface area contributed by atoms with Crippen LogP contribution in [0.3, 0.4) is 0 Å². The third-order valence-electron chi connectivity index (χ3n) is 3.11. The van der Waals surface area contributed by atoms with Crippen LogP contribution in [0, 0.1) is 0 Å². The van der Waals surface area contributed by atoms with E-state index in [2.05, 4.69) is 10.6 Å². The number of carbonyl (C=O) groups excluding carboxylic acids is 1. The SMILES string of the molecule is COc1cccc2c1C(NC(=O)NCCF)CC2. The van der Waals surface area contributed by atoms with Gasteiger partial charge in [0.15, 0.2) is 0 Å². The molecule has 2 N–H and O–H groups in total. The van der Waals surface area contributed by atoms with Crippen LogP contribution < -0.4 is 15.4 Å². The summed E-state index contributed by atoms with van der Waals surface area (Å²) in [5, 5.41) is 5.31. The number of halogens is 1. The predicted molar refractivity (Wildman–Crippen MR) is 66.6 cm³/mol. The number of amides is 2. The molecule has 1 aromatic carbocycles. The number of hydrogen-bond donors (Lipinski definition) is 2. The second kappa shape index (κ2) is 5.71. The molecular weight excluding hydrogens is 235 g/mol. The molecule has 0 fully saturated rings. The fourth-order valence-corrected chi connectivity index (χ4v) is 2.34. The zero-order valence-corrected chi connectivity index (χ0v) is 10.3. The summed E-state index contributed by atoms with van der Waals surface area (Å²) in [6.07, 6.45) is 1.76. The van der Waals surface area contributed by atoms with Crippen LogP contribution in [-0.2, 0) is 6.42 Å². The van der Waals surface area contributed by atoms with Crippen molar-refractivity contribution in [3.63, 3.8) is 0 Å². The monoisotopic (exact) mass is 252 g/mol. The van der Waals surface area contributed by atoms with Gasteiger partial charge in [-0.05, 0) is 24.5 Å². The maximum absolute atomic E-state index is 12.0. The van der Waals surface area contributed by atoms with E-state index in [0.29, 0.717) is 0 Å². The molecule has 1 aliphatic carbocycles. The van der Waals surface area contributed by atoms with Gasteiger partial charge in [0.05, 0.1) is 13.2 Å². The summed E-state index contributed by atoms with van der Waals surface area (Å²) in [5.74, 6) is 0.792. The van der Waals surface area contributed by atoms with Crippen LogP contribution in [0.2, 0.25) is 0 Å². The van der Waals surface area contributed by atoms with Crippen molar-refractivity contribution < 1.29 is 13.9 Å². The number of hydrogen-bond acceptors (Lipinski definition) is 2. The zero-order valence-electron chi connectivity index (χ0n) is 10.3. The number of ether oxygens (including phenoxy) is 1. The van der Waals surface area contributed by atoms with E-state index in [1.165, 1.54) is 5.56 Å². The van der Waals surface area contributed by atoms with E-state index < -0.39 is 6.67 Å². The van der Waals surface area contributed by atoms with Crippen molar-refractivity contribution >= 4 is 6.03 Å². The van der Waals surface area contributed by atoms with Crippen LogP contribution in [0.1, 0.15) is 23.6 Å². The lowest BCUT2D eigenvalue weighted by atomic mass is 10.1. The number of nitrogens with one attached hydrogen (secondary N) is 2. The molecule has 1 aromatic rings.